The Bertz CT molecular complexity index is 294. The fourth-order valence-corrected chi connectivity index (χ4v) is 5.44. The highest BCUT2D eigenvalue weighted by atomic mass is 16.4. The number of carbonyl (C=O) groups is 1. The van der Waals surface area contributed by atoms with Gasteiger partial charge < -0.3 is 9.90 Å². The molecule has 0 aliphatic heterocycles. The Morgan fingerprint density at radius 3 is 2.33 bits per heavy atom. The quantitative estimate of drug-likeness (QED) is 0.692. The molecule has 15 heavy (non-hydrogen) atoms. The molecular weight excluding hydrogens is 188 g/mol. The number of rotatable bonds is 2. The van der Waals surface area contributed by atoms with Gasteiger partial charge in [-0.3, -0.25) is 0 Å². The van der Waals surface area contributed by atoms with Crippen molar-refractivity contribution in [3.8, 4) is 0 Å². The van der Waals surface area contributed by atoms with Gasteiger partial charge >= 0.3 is 0 Å². The highest BCUT2D eigenvalue weighted by Gasteiger charge is 2.55. The molecule has 4 atom stereocenters. The maximum atomic E-state index is 10.9. The number of carbonyl (C=O) groups excluding carboxylic acids is 1. The average molecular weight is 207 g/mol. The molecule has 4 saturated carbocycles. The molecule has 84 valence electrons. The second-order valence-corrected chi connectivity index (χ2v) is 6.82. The van der Waals surface area contributed by atoms with E-state index in [2.05, 4.69) is 6.92 Å². The lowest BCUT2D eigenvalue weighted by Gasteiger charge is -2.61. The van der Waals surface area contributed by atoms with Crippen LogP contribution in [-0.4, -0.2) is 5.97 Å². The average Bonchev–Trinajstić information content (AvgIpc) is 1.94. The van der Waals surface area contributed by atoms with Crippen molar-refractivity contribution in [1.82, 2.24) is 0 Å². The zero-order valence-electron chi connectivity index (χ0n) is 9.42. The van der Waals surface area contributed by atoms with Gasteiger partial charge in [-0.2, -0.15) is 0 Å². The minimum atomic E-state index is -0.833. The monoisotopic (exact) mass is 207 g/mol. The molecule has 0 heterocycles. The summed E-state index contributed by atoms with van der Waals surface area (Å²) in [6.45, 7) is 2.37. The first-order valence-corrected chi connectivity index (χ1v) is 6.19. The first-order valence-electron chi connectivity index (χ1n) is 6.19. The summed E-state index contributed by atoms with van der Waals surface area (Å²) in [4.78, 5) is 10.9. The smallest absolute Gasteiger partial charge is 0.0419 e. The SMILES string of the molecule is CC12C[C@H]3C[C@@H](C1)CC(CC(=O)[O-])(C3)C2. The lowest BCUT2D eigenvalue weighted by molar-refractivity contribution is -0.310. The number of aliphatic carboxylic acids is 1. The normalized spacial score (nSPS) is 52.1. The summed E-state index contributed by atoms with van der Waals surface area (Å²) in [6, 6.07) is 0. The Kier molecular flexibility index (Phi) is 1.79. The molecule has 4 aliphatic rings. The third kappa shape index (κ3) is 1.49. The molecule has 0 N–H and O–H groups in total. The van der Waals surface area contributed by atoms with Gasteiger partial charge in [-0.05, 0) is 67.6 Å². The van der Waals surface area contributed by atoms with Gasteiger partial charge in [0.15, 0.2) is 0 Å². The maximum Gasteiger partial charge on any atom is 0.0419 e. The Hall–Kier alpha value is -0.530. The predicted molar refractivity (Wildman–Crippen MR) is 54.8 cm³/mol. The van der Waals surface area contributed by atoms with E-state index in [1.54, 1.807) is 0 Å². The molecule has 0 spiro atoms. The fourth-order valence-electron chi connectivity index (χ4n) is 5.44. The van der Waals surface area contributed by atoms with Crippen molar-refractivity contribution in [2.24, 2.45) is 22.7 Å². The van der Waals surface area contributed by atoms with Crippen molar-refractivity contribution in [3.63, 3.8) is 0 Å². The first kappa shape index (κ1) is 9.68. The van der Waals surface area contributed by atoms with Crippen molar-refractivity contribution in [2.75, 3.05) is 0 Å². The van der Waals surface area contributed by atoms with Gasteiger partial charge in [0.1, 0.15) is 0 Å². The summed E-state index contributed by atoms with van der Waals surface area (Å²) >= 11 is 0. The molecule has 4 bridgehead atoms. The molecule has 0 radical (unpaired) electrons. The summed E-state index contributed by atoms with van der Waals surface area (Å²) in [6.07, 6.45) is 7.83. The highest BCUT2D eigenvalue weighted by molar-refractivity contribution is 5.65. The maximum absolute atomic E-state index is 10.9. The molecule has 2 unspecified atom stereocenters. The van der Waals surface area contributed by atoms with Gasteiger partial charge in [0.2, 0.25) is 0 Å². The standard InChI is InChI=1S/C13H20O2/c1-12-3-9-2-10(4-12)6-13(5-9,8-12)7-11(14)15/h9-10H,2-8H2,1H3,(H,14,15)/p-1/t9-,10+,12?,13?. The van der Waals surface area contributed by atoms with Crippen LogP contribution in [0.2, 0.25) is 0 Å². The number of hydrogen-bond acceptors (Lipinski definition) is 2. The van der Waals surface area contributed by atoms with E-state index in [1.807, 2.05) is 0 Å². The Morgan fingerprint density at radius 2 is 1.87 bits per heavy atom. The van der Waals surface area contributed by atoms with Crippen LogP contribution in [0, 0.1) is 22.7 Å². The van der Waals surface area contributed by atoms with Crippen LogP contribution >= 0.6 is 0 Å². The molecule has 4 rings (SSSR count). The van der Waals surface area contributed by atoms with Crippen molar-refractivity contribution < 1.29 is 9.90 Å². The predicted octanol–water partition coefficient (Wildman–Crippen LogP) is 1.73. The summed E-state index contributed by atoms with van der Waals surface area (Å²) in [5, 5.41) is 10.9. The van der Waals surface area contributed by atoms with Gasteiger partial charge in [0, 0.05) is 5.97 Å². The van der Waals surface area contributed by atoms with E-state index < -0.39 is 5.97 Å². The zero-order chi connectivity index (χ0) is 10.7. The first-order chi connectivity index (χ1) is 6.99. The molecule has 0 aromatic rings. The molecule has 2 heteroatoms. The summed E-state index contributed by atoms with van der Waals surface area (Å²) in [7, 11) is 0. The molecule has 0 saturated heterocycles. The molecule has 4 aliphatic carbocycles. The second-order valence-electron chi connectivity index (χ2n) is 6.82. The Balaban J connectivity index is 1.89. The lowest BCUT2D eigenvalue weighted by Crippen LogP contribution is -2.52. The summed E-state index contributed by atoms with van der Waals surface area (Å²) in [5.74, 6) is 0.798. The molecule has 4 fully saturated rings. The van der Waals surface area contributed by atoms with E-state index in [0.29, 0.717) is 11.8 Å². The van der Waals surface area contributed by atoms with Gasteiger partial charge in [0.25, 0.3) is 0 Å². The summed E-state index contributed by atoms with van der Waals surface area (Å²) in [5.41, 5.74) is 0.581. The number of hydrogen-bond donors (Lipinski definition) is 0. The minimum absolute atomic E-state index is 0.123. The van der Waals surface area contributed by atoms with Crippen LogP contribution in [0.4, 0.5) is 0 Å². The molecule has 0 aromatic carbocycles. The molecular formula is C13H19O2-. The topological polar surface area (TPSA) is 40.1 Å². The van der Waals surface area contributed by atoms with Gasteiger partial charge in [0.05, 0.1) is 0 Å². The van der Waals surface area contributed by atoms with E-state index in [9.17, 15) is 9.90 Å². The van der Waals surface area contributed by atoms with Crippen LogP contribution in [0.3, 0.4) is 0 Å². The van der Waals surface area contributed by atoms with E-state index in [4.69, 9.17) is 0 Å². The molecule has 2 nitrogen and oxygen atoms in total. The molecule has 0 amide bonds. The second kappa shape index (κ2) is 2.78. The Morgan fingerprint density at radius 1 is 1.27 bits per heavy atom. The summed E-state index contributed by atoms with van der Waals surface area (Å²) < 4.78 is 0. The van der Waals surface area contributed by atoms with Crippen LogP contribution in [0.15, 0.2) is 0 Å². The largest absolute Gasteiger partial charge is 0.550 e. The van der Waals surface area contributed by atoms with Gasteiger partial charge in [-0.25, -0.2) is 0 Å². The van der Waals surface area contributed by atoms with Crippen molar-refractivity contribution >= 4 is 5.97 Å². The number of carboxylic acids is 1. The van der Waals surface area contributed by atoms with E-state index in [-0.39, 0.29) is 5.41 Å². The van der Waals surface area contributed by atoms with E-state index in [0.717, 1.165) is 31.1 Å². The lowest BCUT2D eigenvalue weighted by atomic mass is 9.44. The number of carboxylic acid groups (broad SMARTS) is 1. The van der Waals surface area contributed by atoms with Crippen molar-refractivity contribution in [2.45, 2.75) is 51.9 Å². The third-order valence-corrected chi connectivity index (χ3v) is 4.99. The zero-order valence-corrected chi connectivity index (χ0v) is 9.42. The van der Waals surface area contributed by atoms with E-state index in [1.165, 1.54) is 19.3 Å². The van der Waals surface area contributed by atoms with Gasteiger partial charge in [-0.1, -0.05) is 6.92 Å². The minimum Gasteiger partial charge on any atom is -0.550 e. The van der Waals surface area contributed by atoms with Gasteiger partial charge in [-0.15, -0.1) is 0 Å². The van der Waals surface area contributed by atoms with Crippen LogP contribution in [0.1, 0.15) is 51.9 Å². The van der Waals surface area contributed by atoms with Crippen LogP contribution in [0.25, 0.3) is 0 Å². The van der Waals surface area contributed by atoms with Crippen LogP contribution in [-0.2, 0) is 4.79 Å². The Labute approximate surface area is 91.1 Å². The van der Waals surface area contributed by atoms with Crippen molar-refractivity contribution in [3.05, 3.63) is 0 Å². The van der Waals surface area contributed by atoms with Crippen LogP contribution in [0.5, 0.6) is 0 Å². The van der Waals surface area contributed by atoms with Crippen LogP contribution < -0.4 is 5.11 Å². The third-order valence-electron chi connectivity index (χ3n) is 4.99. The van der Waals surface area contributed by atoms with E-state index >= 15 is 0 Å². The van der Waals surface area contributed by atoms with Crippen molar-refractivity contribution in [1.29, 1.82) is 0 Å². The highest BCUT2D eigenvalue weighted by Crippen LogP contribution is 2.66. The fraction of sp³-hybridized carbons (Fsp3) is 0.923. The molecule has 0 aromatic heterocycles.